The fraction of sp³-hybridized carbons (Fsp3) is 0.304. The summed E-state index contributed by atoms with van der Waals surface area (Å²) < 4.78 is 13.6. The van der Waals surface area contributed by atoms with Crippen molar-refractivity contribution < 1.29 is 13.9 Å². The van der Waals surface area contributed by atoms with E-state index in [1.54, 1.807) is 24.2 Å². The first kappa shape index (κ1) is 21.7. The molecule has 0 unspecified atom stereocenters. The molecular weight excluding hydrogens is 535 g/mol. The number of benzene rings is 1. The Kier molecular flexibility index (Phi) is 6.16. The number of carbonyl (C=O) groups is 1. The van der Waals surface area contributed by atoms with Crippen LogP contribution in [0.5, 0.6) is 5.75 Å². The van der Waals surface area contributed by atoms with Crippen molar-refractivity contribution in [1.82, 2.24) is 24.6 Å². The highest BCUT2D eigenvalue weighted by Crippen LogP contribution is 2.29. The van der Waals surface area contributed by atoms with Crippen LogP contribution >= 0.6 is 22.6 Å². The molecule has 5 rings (SSSR count). The zero-order valence-corrected chi connectivity index (χ0v) is 20.3. The van der Waals surface area contributed by atoms with Gasteiger partial charge in [-0.1, -0.05) is 28.7 Å². The number of fused-ring (bicyclic) bond motifs is 1. The Balaban J connectivity index is 1.30. The van der Waals surface area contributed by atoms with Gasteiger partial charge in [-0.3, -0.25) is 4.79 Å². The van der Waals surface area contributed by atoms with Crippen molar-refractivity contribution in [1.29, 1.82) is 0 Å². The summed E-state index contributed by atoms with van der Waals surface area (Å²) in [5, 5.41) is 5.34. The summed E-state index contributed by atoms with van der Waals surface area (Å²) in [6.07, 6.45) is 4.77. The van der Waals surface area contributed by atoms with Crippen molar-refractivity contribution in [2.45, 2.75) is 11.0 Å². The molecule has 0 N–H and O–H groups in total. The first-order valence-electron chi connectivity index (χ1n) is 10.6. The van der Waals surface area contributed by atoms with E-state index in [9.17, 15) is 4.79 Å². The van der Waals surface area contributed by atoms with Gasteiger partial charge in [-0.25, -0.2) is 14.6 Å². The van der Waals surface area contributed by atoms with Crippen LogP contribution in [0.4, 0.5) is 5.69 Å². The van der Waals surface area contributed by atoms with Gasteiger partial charge in [-0.05, 0) is 18.2 Å². The van der Waals surface area contributed by atoms with Crippen LogP contribution < -0.4 is 9.64 Å². The van der Waals surface area contributed by atoms with E-state index in [2.05, 4.69) is 60.8 Å². The second-order valence-corrected chi connectivity index (χ2v) is 8.48. The number of hydrogen-bond donors (Lipinski definition) is 0. The number of piperazine rings is 1. The summed E-state index contributed by atoms with van der Waals surface area (Å²) in [6.45, 7) is 2.90. The van der Waals surface area contributed by atoms with Crippen molar-refractivity contribution in [2.75, 3.05) is 38.2 Å². The number of oxazole rings is 1. The molecule has 4 aromatic rings. The molecule has 170 valence electrons. The third-order valence-corrected chi connectivity index (χ3v) is 6.67. The number of nitrogens with zero attached hydrogens (tertiary/aromatic N) is 6. The molecule has 0 atom stereocenters. The van der Waals surface area contributed by atoms with Crippen molar-refractivity contribution >= 4 is 45.2 Å². The van der Waals surface area contributed by atoms with Crippen molar-refractivity contribution in [2.24, 2.45) is 0 Å². The average molecular weight is 558 g/mol. The molecule has 10 heteroatoms. The van der Waals surface area contributed by atoms with E-state index in [0.29, 0.717) is 30.3 Å². The van der Waals surface area contributed by atoms with Gasteiger partial charge in [0.15, 0.2) is 5.65 Å². The van der Waals surface area contributed by atoms with Gasteiger partial charge >= 0.3 is 0 Å². The molecule has 0 aliphatic carbocycles. The van der Waals surface area contributed by atoms with Gasteiger partial charge in [0.05, 0.1) is 18.7 Å². The molecule has 0 spiro atoms. The molecule has 3 aromatic heterocycles. The van der Waals surface area contributed by atoms with Crippen LogP contribution in [0.2, 0.25) is 0 Å². The Morgan fingerprint density at radius 3 is 2.73 bits per heavy atom. The second kappa shape index (κ2) is 9.38. The minimum atomic E-state index is 0.00750. The summed E-state index contributed by atoms with van der Waals surface area (Å²) in [7, 11) is 1.70. The van der Waals surface area contributed by atoms with Crippen LogP contribution in [0.1, 0.15) is 5.56 Å². The van der Waals surface area contributed by atoms with Gasteiger partial charge in [0.2, 0.25) is 11.8 Å². The largest absolute Gasteiger partial charge is 0.496 e. The molecule has 1 saturated heterocycles. The van der Waals surface area contributed by atoms with Gasteiger partial charge in [0.1, 0.15) is 24.3 Å². The lowest BCUT2D eigenvalue weighted by Crippen LogP contribution is -2.49. The highest BCUT2D eigenvalue weighted by atomic mass is 127. The van der Waals surface area contributed by atoms with E-state index in [1.807, 2.05) is 17.0 Å². The predicted molar refractivity (Wildman–Crippen MR) is 133 cm³/mol. The van der Waals surface area contributed by atoms with Crippen molar-refractivity contribution in [3.05, 3.63) is 54.6 Å². The summed E-state index contributed by atoms with van der Waals surface area (Å²) in [6, 6.07) is 10.1. The molecule has 0 saturated carbocycles. The Labute approximate surface area is 204 Å². The first-order valence-corrected chi connectivity index (χ1v) is 12.2. The van der Waals surface area contributed by atoms with Crippen molar-refractivity contribution in [3.63, 3.8) is 0 Å². The maximum absolute atomic E-state index is 13.1. The Hall–Kier alpha value is -3.15. The Morgan fingerprint density at radius 1 is 1.15 bits per heavy atom. The number of aromatic nitrogens is 4. The Bertz CT molecular complexity index is 1260. The SMILES string of the molecule is COc1cc(N2CCN(C(=O)Cn3nc4ncccc4c3-c3ncco3)CC2)ccc1CI. The molecule has 4 heterocycles. The third-order valence-electron chi connectivity index (χ3n) is 5.85. The maximum atomic E-state index is 13.1. The fourth-order valence-corrected chi connectivity index (χ4v) is 4.76. The van der Waals surface area contributed by atoms with Crippen LogP contribution in [0.3, 0.4) is 0 Å². The number of anilines is 1. The zero-order chi connectivity index (χ0) is 22.8. The van der Waals surface area contributed by atoms with E-state index < -0.39 is 0 Å². The number of alkyl halides is 1. The molecular formula is C23H23IN6O3. The monoisotopic (exact) mass is 558 g/mol. The number of ether oxygens (including phenoxy) is 1. The second-order valence-electron chi connectivity index (χ2n) is 7.72. The lowest BCUT2D eigenvalue weighted by Gasteiger charge is -2.36. The predicted octanol–water partition coefficient (Wildman–Crippen LogP) is 3.38. The quantitative estimate of drug-likeness (QED) is 0.265. The highest BCUT2D eigenvalue weighted by molar-refractivity contribution is 14.1. The van der Waals surface area contributed by atoms with Gasteiger partial charge in [0, 0.05) is 54.1 Å². The van der Waals surface area contributed by atoms with Gasteiger partial charge in [0.25, 0.3) is 0 Å². The smallest absolute Gasteiger partial charge is 0.245 e. The highest BCUT2D eigenvalue weighted by Gasteiger charge is 2.25. The van der Waals surface area contributed by atoms with Gasteiger partial charge < -0.3 is 19.0 Å². The zero-order valence-electron chi connectivity index (χ0n) is 18.1. The fourth-order valence-electron chi connectivity index (χ4n) is 4.13. The molecule has 1 aliphatic rings. The molecule has 9 nitrogen and oxygen atoms in total. The van der Waals surface area contributed by atoms with E-state index in [1.165, 1.54) is 11.8 Å². The summed E-state index contributed by atoms with van der Waals surface area (Å²) in [5.74, 6) is 1.33. The van der Waals surface area contributed by atoms with Crippen LogP contribution in [0.25, 0.3) is 22.6 Å². The lowest BCUT2D eigenvalue weighted by atomic mass is 10.1. The third kappa shape index (κ3) is 4.26. The number of carbonyl (C=O) groups excluding carboxylic acids is 1. The standard InChI is InChI=1S/C23H23IN6O3/c1-32-19-13-17(5-4-16(19)14-24)28-8-10-29(11-9-28)20(31)15-30-21(23-26-7-12-33-23)18-3-2-6-25-22(18)27-30/h2-7,12-13H,8-11,14-15H2,1H3. The van der Waals surface area contributed by atoms with Gasteiger partial charge in [-0.15, -0.1) is 0 Å². The van der Waals surface area contributed by atoms with Crippen LogP contribution in [0.15, 0.2) is 53.4 Å². The molecule has 1 fully saturated rings. The summed E-state index contributed by atoms with van der Waals surface area (Å²) >= 11 is 2.34. The van der Waals surface area contributed by atoms with E-state index in [0.717, 1.165) is 34.3 Å². The van der Waals surface area contributed by atoms with Crippen LogP contribution in [-0.4, -0.2) is 63.8 Å². The number of rotatable bonds is 6. The molecule has 33 heavy (non-hydrogen) atoms. The number of halogens is 1. The number of hydrogen-bond acceptors (Lipinski definition) is 7. The molecule has 1 aromatic carbocycles. The van der Waals surface area contributed by atoms with E-state index in [4.69, 9.17) is 9.15 Å². The number of pyridine rings is 1. The summed E-state index contributed by atoms with van der Waals surface area (Å²) in [5.41, 5.74) is 3.52. The average Bonchev–Trinajstić information content (AvgIpc) is 3.51. The van der Waals surface area contributed by atoms with E-state index in [-0.39, 0.29) is 12.5 Å². The van der Waals surface area contributed by atoms with E-state index >= 15 is 0 Å². The Morgan fingerprint density at radius 2 is 2.00 bits per heavy atom. The van der Waals surface area contributed by atoms with Crippen LogP contribution in [-0.2, 0) is 15.8 Å². The lowest BCUT2D eigenvalue weighted by molar-refractivity contribution is -0.132. The minimum Gasteiger partial charge on any atom is -0.496 e. The normalized spacial score (nSPS) is 14.1. The van der Waals surface area contributed by atoms with Gasteiger partial charge in [-0.2, -0.15) is 5.10 Å². The number of amides is 1. The molecule has 1 amide bonds. The molecule has 1 aliphatic heterocycles. The van der Waals surface area contributed by atoms with Crippen molar-refractivity contribution in [3.8, 4) is 17.3 Å². The maximum Gasteiger partial charge on any atom is 0.245 e. The van der Waals surface area contributed by atoms with Crippen LogP contribution in [0, 0.1) is 0 Å². The first-order chi connectivity index (χ1) is 16.2. The minimum absolute atomic E-state index is 0.00750. The number of methoxy groups -OCH3 is 1. The topological polar surface area (TPSA) is 89.5 Å². The summed E-state index contributed by atoms with van der Waals surface area (Å²) in [4.78, 5) is 25.9. The molecule has 0 bridgehead atoms. The molecule has 0 radical (unpaired) electrons.